The lowest BCUT2D eigenvalue weighted by Gasteiger charge is -2.28. The van der Waals surface area contributed by atoms with Gasteiger partial charge in [0.2, 0.25) is 5.91 Å². The Morgan fingerprint density at radius 3 is 2.33 bits per heavy atom. The van der Waals surface area contributed by atoms with Gasteiger partial charge in [-0.1, -0.05) is 0 Å². The summed E-state index contributed by atoms with van der Waals surface area (Å²) in [6, 6.07) is -0.159. The first-order valence-electron chi connectivity index (χ1n) is 5.53. The molecule has 4 nitrogen and oxygen atoms in total. The Morgan fingerprint density at radius 2 is 1.93 bits per heavy atom. The molecule has 0 aromatic heterocycles. The fourth-order valence-corrected chi connectivity index (χ4v) is 1.65. The summed E-state index contributed by atoms with van der Waals surface area (Å²) < 4.78 is 0. The molecule has 1 aliphatic carbocycles. The summed E-state index contributed by atoms with van der Waals surface area (Å²) in [6.45, 7) is 2.47. The number of hydrogen-bond donors (Lipinski definition) is 1. The van der Waals surface area contributed by atoms with Crippen LogP contribution in [0.4, 0.5) is 0 Å². The van der Waals surface area contributed by atoms with Gasteiger partial charge in [0.25, 0.3) is 0 Å². The fourth-order valence-electron chi connectivity index (χ4n) is 1.65. The van der Waals surface area contributed by atoms with E-state index in [0.29, 0.717) is 12.5 Å². The highest BCUT2D eigenvalue weighted by Crippen LogP contribution is 2.32. The number of nitrogens with zero attached hydrogens (tertiary/aromatic N) is 2. The first-order chi connectivity index (χ1) is 6.93. The number of rotatable bonds is 5. The van der Waals surface area contributed by atoms with Crippen LogP contribution in [0.1, 0.15) is 19.8 Å². The van der Waals surface area contributed by atoms with E-state index in [0.717, 1.165) is 12.8 Å². The van der Waals surface area contributed by atoms with Gasteiger partial charge in [-0.25, -0.2) is 0 Å². The summed E-state index contributed by atoms with van der Waals surface area (Å²) in [6.07, 6.45) is 1.99. The molecule has 0 bridgehead atoms. The molecule has 0 spiro atoms. The smallest absolute Gasteiger partial charge is 0.239 e. The van der Waals surface area contributed by atoms with E-state index in [-0.39, 0.29) is 18.1 Å². The van der Waals surface area contributed by atoms with Crippen LogP contribution in [0.5, 0.6) is 0 Å². The van der Waals surface area contributed by atoms with Gasteiger partial charge in [0, 0.05) is 20.6 Å². The van der Waals surface area contributed by atoms with Gasteiger partial charge in [-0.2, -0.15) is 0 Å². The van der Waals surface area contributed by atoms with Crippen LogP contribution in [0.25, 0.3) is 0 Å². The third kappa shape index (κ3) is 3.47. The van der Waals surface area contributed by atoms with E-state index in [1.807, 2.05) is 18.9 Å². The van der Waals surface area contributed by atoms with E-state index < -0.39 is 0 Å². The number of carbonyl (C=O) groups excluding carboxylic acids is 1. The number of likely N-dealkylation sites (N-methyl/N-ethyl adjacent to an activating group) is 2. The highest BCUT2D eigenvalue weighted by Gasteiger charge is 2.32. The van der Waals surface area contributed by atoms with Crippen molar-refractivity contribution in [2.75, 3.05) is 27.7 Å². The third-order valence-electron chi connectivity index (χ3n) is 3.10. The van der Waals surface area contributed by atoms with Gasteiger partial charge in [0.1, 0.15) is 0 Å². The van der Waals surface area contributed by atoms with Gasteiger partial charge in [0.05, 0.1) is 12.1 Å². The molecule has 1 rings (SSSR count). The minimum Gasteiger partial charge on any atom is -0.392 e. The van der Waals surface area contributed by atoms with E-state index in [2.05, 4.69) is 0 Å². The molecule has 0 radical (unpaired) electrons. The fraction of sp³-hybridized carbons (Fsp3) is 0.909. The first kappa shape index (κ1) is 12.5. The van der Waals surface area contributed by atoms with E-state index in [1.54, 1.807) is 19.0 Å². The normalized spacial score (nSPS) is 20.1. The van der Waals surface area contributed by atoms with Crippen molar-refractivity contribution in [2.45, 2.75) is 31.9 Å². The van der Waals surface area contributed by atoms with Crippen LogP contribution in [0.3, 0.4) is 0 Å². The molecule has 2 atom stereocenters. The van der Waals surface area contributed by atoms with Gasteiger partial charge in [-0.15, -0.1) is 0 Å². The molecule has 1 fully saturated rings. The molecule has 1 aliphatic rings. The second kappa shape index (κ2) is 4.94. The Morgan fingerprint density at radius 1 is 1.40 bits per heavy atom. The molecule has 15 heavy (non-hydrogen) atoms. The summed E-state index contributed by atoms with van der Waals surface area (Å²) >= 11 is 0. The van der Waals surface area contributed by atoms with Gasteiger partial charge < -0.3 is 10.0 Å². The predicted molar refractivity (Wildman–Crippen MR) is 59.5 cm³/mol. The minimum atomic E-state index is -0.271. The second-order valence-electron chi connectivity index (χ2n) is 4.75. The zero-order valence-corrected chi connectivity index (χ0v) is 10.1. The molecule has 1 saturated carbocycles. The van der Waals surface area contributed by atoms with E-state index in [1.165, 1.54) is 0 Å². The zero-order chi connectivity index (χ0) is 11.6. The molecule has 0 heterocycles. The van der Waals surface area contributed by atoms with Crippen molar-refractivity contribution >= 4 is 5.91 Å². The maximum absolute atomic E-state index is 11.7. The molecule has 0 aromatic carbocycles. The molecule has 0 aliphatic heterocycles. The lowest BCUT2D eigenvalue weighted by molar-refractivity contribution is -0.133. The molecule has 4 heteroatoms. The van der Waals surface area contributed by atoms with Crippen LogP contribution in [0.2, 0.25) is 0 Å². The number of aliphatic hydroxyl groups excluding tert-OH is 1. The Kier molecular flexibility index (Phi) is 4.11. The Hall–Kier alpha value is -0.610. The van der Waals surface area contributed by atoms with Crippen molar-refractivity contribution in [3.8, 4) is 0 Å². The maximum atomic E-state index is 11.7. The third-order valence-corrected chi connectivity index (χ3v) is 3.10. The standard InChI is InChI=1S/C11H22N2O2/c1-8(11(15)12(2)3)13(4)7-10(14)9-5-6-9/h8-10,14H,5-7H2,1-4H3/t8-,10-/m0/s1. The summed E-state index contributed by atoms with van der Waals surface area (Å²) in [4.78, 5) is 15.2. The number of aliphatic hydroxyl groups is 1. The molecule has 88 valence electrons. The summed E-state index contributed by atoms with van der Waals surface area (Å²) in [5, 5.41) is 9.76. The van der Waals surface area contributed by atoms with Crippen LogP contribution in [0, 0.1) is 5.92 Å². The largest absolute Gasteiger partial charge is 0.392 e. The first-order valence-corrected chi connectivity index (χ1v) is 5.53. The van der Waals surface area contributed by atoms with Crippen LogP contribution in [-0.4, -0.2) is 60.6 Å². The van der Waals surface area contributed by atoms with Crippen molar-refractivity contribution in [3.05, 3.63) is 0 Å². The Bertz CT molecular complexity index is 227. The predicted octanol–water partition coefficient (Wildman–Crippen LogP) is 0.166. The second-order valence-corrected chi connectivity index (χ2v) is 4.75. The quantitative estimate of drug-likeness (QED) is 0.709. The van der Waals surface area contributed by atoms with Crippen LogP contribution >= 0.6 is 0 Å². The van der Waals surface area contributed by atoms with Gasteiger partial charge in [-0.3, -0.25) is 9.69 Å². The SMILES string of the molecule is C[C@@H](C(=O)N(C)C)N(C)C[C@H](O)C1CC1. The highest BCUT2D eigenvalue weighted by atomic mass is 16.3. The lowest BCUT2D eigenvalue weighted by Crippen LogP contribution is -2.45. The molecule has 1 N–H and O–H groups in total. The highest BCUT2D eigenvalue weighted by molar-refractivity contribution is 5.80. The lowest BCUT2D eigenvalue weighted by atomic mass is 10.2. The van der Waals surface area contributed by atoms with E-state index >= 15 is 0 Å². The van der Waals surface area contributed by atoms with Crippen molar-refractivity contribution < 1.29 is 9.90 Å². The van der Waals surface area contributed by atoms with Crippen molar-refractivity contribution in [1.29, 1.82) is 0 Å². The Balaban J connectivity index is 2.37. The van der Waals surface area contributed by atoms with Gasteiger partial charge in [0.15, 0.2) is 0 Å². The van der Waals surface area contributed by atoms with Crippen LogP contribution < -0.4 is 0 Å². The average Bonchev–Trinajstić information content (AvgIpc) is 2.98. The average molecular weight is 214 g/mol. The monoisotopic (exact) mass is 214 g/mol. The topological polar surface area (TPSA) is 43.8 Å². The van der Waals surface area contributed by atoms with Crippen molar-refractivity contribution in [3.63, 3.8) is 0 Å². The summed E-state index contributed by atoms with van der Waals surface area (Å²) in [7, 11) is 5.39. The van der Waals surface area contributed by atoms with Crippen LogP contribution in [0.15, 0.2) is 0 Å². The number of hydrogen-bond acceptors (Lipinski definition) is 3. The van der Waals surface area contributed by atoms with E-state index in [9.17, 15) is 9.90 Å². The zero-order valence-electron chi connectivity index (χ0n) is 10.1. The van der Waals surface area contributed by atoms with Gasteiger partial charge in [-0.05, 0) is 32.7 Å². The number of amides is 1. The molecule has 0 unspecified atom stereocenters. The van der Waals surface area contributed by atoms with Gasteiger partial charge >= 0.3 is 0 Å². The molecule has 0 aromatic rings. The molecular weight excluding hydrogens is 192 g/mol. The maximum Gasteiger partial charge on any atom is 0.239 e. The van der Waals surface area contributed by atoms with Crippen molar-refractivity contribution in [1.82, 2.24) is 9.80 Å². The van der Waals surface area contributed by atoms with Crippen LogP contribution in [-0.2, 0) is 4.79 Å². The number of carbonyl (C=O) groups is 1. The Labute approximate surface area is 91.9 Å². The van der Waals surface area contributed by atoms with E-state index in [4.69, 9.17) is 0 Å². The summed E-state index contributed by atoms with van der Waals surface area (Å²) in [5.41, 5.74) is 0. The molecular formula is C11H22N2O2. The summed E-state index contributed by atoms with van der Waals surface area (Å²) in [5.74, 6) is 0.551. The minimum absolute atomic E-state index is 0.0838. The molecule has 0 saturated heterocycles. The van der Waals surface area contributed by atoms with Crippen molar-refractivity contribution in [2.24, 2.45) is 5.92 Å². The molecule has 1 amide bonds.